The van der Waals surface area contributed by atoms with Crippen molar-refractivity contribution in [2.45, 2.75) is 51.0 Å². The molecule has 0 atom stereocenters. The minimum Gasteiger partial charge on any atom is -0.487 e. The van der Waals surface area contributed by atoms with E-state index in [-0.39, 0.29) is 11.1 Å². The van der Waals surface area contributed by atoms with Crippen molar-refractivity contribution < 1.29 is 9.53 Å². The summed E-state index contributed by atoms with van der Waals surface area (Å²) >= 11 is 0. The Labute approximate surface area is 151 Å². The third-order valence-electron chi connectivity index (χ3n) is 5.43. The molecule has 0 bridgehead atoms. The van der Waals surface area contributed by atoms with Crippen LogP contribution in [0.25, 0.3) is 5.57 Å². The first-order valence-corrected chi connectivity index (χ1v) is 9.32. The van der Waals surface area contributed by atoms with Crippen LogP contribution in [0, 0.1) is 0 Å². The molecule has 2 aliphatic rings. The van der Waals surface area contributed by atoms with Crippen molar-refractivity contribution in [3.63, 3.8) is 0 Å². The zero-order chi connectivity index (χ0) is 17.9. The number of aromatic nitrogens is 3. The number of aldehydes is 1. The van der Waals surface area contributed by atoms with Crippen molar-refractivity contribution in [1.82, 2.24) is 14.8 Å². The van der Waals surface area contributed by atoms with Crippen LogP contribution < -0.4 is 10.3 Å². The van der Waals surface area contributed by atoms with E-state index in [4.69, 9.17) is 4.74 Å². The molecule has 0 aromatic carbocycles. The summed E-state index contributed by atoms with van der Waals surface area (Å²) in [5.41, 5.74) is 3.79. The standard InChI is InChI=1S/C20H23N3O3/c24-12-15-10-20(25)21-11-19(15)26-13-14-4-1-2-7-17(14)18-8-9-22-23(18)16-5-3-6-16/h8-12,16H,1-7,13H2,(H,21,25). The average molecular weight is 353 g/mol. The molecule has 4 rings (SSSR count). The van der Waals surface area contributed by atoms with Crippen LogP contribution in [0.1, 0.15) is 67.0 Å². The number of hydrogen-bond donors (Lipinski definition) is 1. The number of aromatic amines is 1. The second-order valence-electron chi connectivity index (χ2n) is 7.06. The predicted molar refractivity (Wildman–Crippen MR) is 98.4 cm³/mol. The van der Waals surface area contributed by atoms with Gasteiger partial charge in [0.2, 0.25) is 5.56 Å². The highest BCUT2D eigenvalue weighted by molar-refractivity contribution is 5.78. The fourth-order valence-electron chi connectivity index (χ4n) is 3.77. The fourth-order valence-corrected chi connectivity index (χ4v) is 3.77. The number of pyridine rings is 1. The summed E-state index contributed by atoms with van der Waals surface area (Å²) in [5, 5.41) is 4.56. The highest BCUT2D eigenvalue weighted by Gasteiger charge is 2.25. The van der Waals surface area contributed by atoms with Gasteiger partial charge in [0, 0.05) is 18.5 Å². The molecule has 2 aromatic heterocycles. The van der Waals surface area contributed by atoms with Crippen molar-refractivity contribution in [1.29, 1.82) is 0 Å². The number of rotatable bonds is 6. The monoisotopic (exact) mass is 353 g/mol. The number of carbonyl (C=O) groups is 1. The lowest BCUT2D eigenvalue weighted by Gasteiger charge is -2.29. The fraction of sp³-hybridized carbons (Fsp3) is 0.450. The van der Waals surface area contributed by atoms with Gasteiger partial charge in [-0.25, -0.2) is 0 Å². The number of carbonyl (C=O) groups excluding carboxylic acids is 1. The number of H-pyrrole nitrogens is 1. The Hall–Kier alpha value is -2.63. The van der Waals surface area contributed by atoms with Gasteiger partial charge >= 0.3 is 0 Å². The van der Waals surface area contributed by atoms with Gasteiger partial charge in [-0.05, 0) is 62.2 Å². The number of nitrogens with one attached hydrogen (secondary N) is 1. The Bertz CT molecular complexity index is 890. The van der Waals surface area contributed by atoms with Gasteiger partial charge in [-0.3, -0.25) is 14.3 Å². The van der Waals surface area contributed by atoms with Crippen molar-refractivity contribution in [3.8, 4) is 5.75 Å². The highest BCUT2D eigenvalue weighted by Crippen LogP contribution is 2.37. The van der Waals surface area contributed by atoms with Crippen LogP contribution in [-0.2, 0) is 0 Å². The molecule has 136 valence electrons. The van der Waals surface area contributed by atoms with E-state index in [0.717, 1.165) is 19.3 Å². The number of ether oxygens (including phenoxy) is 1. The van der Waals surface area contributed by atoms with E-state index in [9.17, 15) is 9.59 Å². The largest absolute Gasteiger partial charge is 0.487 e. The first-order chi connectivity index (χ1) is 12.8. The van der Waals surface area contributed by atoms with Crippen molar-refractivity contribution in [2.75, 3.05) is 6.61 Å². The lowest BCUT2D eigenvalue weighted by molar-refractivity contribution is 0.111. The topological polar surface area (TPSA) is 77.0 Å². The Balaban J connectivity index is 1.60. The molecule has 0 saturated heterocycles. The molecule has 6 nitrogen and oxygen atoms in total. The predicted octanol–water partition coefficient (Wildman–Crippen LogP) is 3.52. The first-order valence-electron chi connectivity index (χ1n) is 9.32. The Kier molecular flexibility index (Phi) is 4.73. The van der Waals surface area contributed by atoms with Crippen molar-refractivity contribution in [3.05, 3.63) is 51.7 Å². The van der Waals surface area contributed by atoms with E-state index in [1.54, 1.807) is 0 Å². The zero-order valence-electron chi connectivity index (χ0n) is 14.7. The maximum Gasteiger partial charge on any atom is 0.248 e. The normalized spacial score (nSPS) is 17.8. The summed E-state index contributed by atoms with van der Waals surface area (Å²) in [5.74, 6) is 0.421. The quantitative estimate of drug-likeness (QED) is 0.806. The Morgan fingerprint density at radius 1 is 1.27 bits per heavy atom. The third kappa shape index (κ3) is 3.23. The summed E-state index contributed by atoms with van der Waals surface area (Å²) in [6, 6.07) is 3.90. The van der Waals surface area contributed by atoms with Gasteiger partial charge in [0.1, 0.15) is 12.4 Å². The van der Waals surface area contributed by atoms with Gasteiger partial charge in [-0.2, -0.15) is 5.10 Å². The van der Waals surface area contributed by atoms with Gasteiger partial charge < -0.3 is 9.72 Å². The Morgan fingerprint density at radius 2 is 2.12 bits per heavy atom. The molecule has 6 heteroatoms. The van der Waals surface area contributed by atoms with Gasteiger partial charge in [0.25, 0.3) is 0 Å². The van der Waals surface area contributed by atoms with E-state index < -0.39 is 0 Å². The molecule has 1 N–H and O–H groups in total. The van der Waals surface area contributed by atoms with Crippen LogP contribution in [0.15, 0.2) is 34.9 Å². The molecular weight excluding hydrogens is 330 g/mol. The molecule has 1 saturated carbocycles. The van der Waals surface area contributed by atoms with Gasteiger partial charge in [0.15, 0.2) is 6.29 Å². The molecule has 26 heavy (non-hydrogen) atoms. The lowest BCUT2D eigenvalue weighted by atomic mass is 9.88. The number of hydrogen-bond acceptors (Lipinski definition) is 4. The summed E-state index contributed by atoms with van der Waals surface area (Å²) in [4.78, 5) is 25.1. The molecule has 2 heterocycles. The molecule has 2 aliphatic carbocycles. The molecular formula is C20H23N3O3. The molecule has 0 amide bonds. The van der Waals surface area contributed by atoms with Crippen LogP contribution in [-0.4, -0.2) is 27.7 Å². The van der Waals surface area contributed by atoms with E-state index >= 15 is 0 Å². The molecule has 0 aliphatic heterocycles. The SMILES string of the molecule is O=Cc1cc(=O)[nH]cc1OCC1=C(c2ccnn2C2CCC2)CCCC1. The van der Waals surface area contributed by atoms with Crippen molar-refractivity contribution >= 4 is 11.9 Å². The average Bonchev–Trinajstić information content (AvgIpc) is 3.08. The summed E-state index contributed by atoms with van der Waals surface area (Å²) in [6.45, 7) is 0.429. The molecule has 0 unspecified atom stereocenters. The minimum atomic E-state index is -0.304. The summed E-state index contributed by atoms with van der Waals surface area (Å²) < 4.78 is 8.08. The van der Waals surface area contributed by atoms with E-state index in [0.29, 0.717) is 24.7 Å². The van der Waals surface area contributed by atoms with E-state index in [1.165, 1.54) is 54.8 Å². The van der Waals surface area contributed by atoms with Gasteiger partial charge in [-0.1, -0.05) is 0 Å². The maximum atomic E-state index is 11.4. The van der Waals surface area contributed by atoms with Crippen LogP contribution in [0.4, 0.5) is 0 Å². The van der Waals surface area contributed by atoms with Crippen LogP contribution >= 0.6 is 0 Å². The van der Waals surface area contributed by atoms with E-state index in [1.807, 2.05) is 6.20 Å². The van der Waals surface area contributed by atoms with Gasteiger partial charge in [0.05, 0.1) is 17.3 Å². The minimum absolute atomic E-state index is 0.284. The van der Waals surface area contributed by atoms with Crippen molar-refractivity contribution in [2.24, 2.45) is 0 Å². The zero-order valence-corrected chi connectivity index (χ0v) is 14.7. The third-order valence-corrected chi connectivity index (χ3v) is 5.43. The summed E-state index contributed by atoms with van der Waals surface area (Å²) in [6.07, 6.45) is 12.0. The second kappa shape index (κ2) is 7.32. The maximum absolute atomic E-state index is 11.4. The molecule has 0 spiro atoms. The summed E-state index contributed by atoms with van der Waals surface area (Å²) in [7, 11) is 0. The second-order valence-corrected chi connectivity index (χ2v) is 7.06. The highest BCUT2D eigenvalue weighted by atomic mass is 16.5. The molecule has 2 aromatic rings. The number of allylic oxidation sites excluding steroid dienone is 1. The van der Waals surface area contributed by atoms with E-state index in [2.05, 4.69) is 20.8 Å². The Morgan fingerprint density at radius 3 is 2.88 bits per heavy atom. The lowest BCUT2D eigenvalue weighted by Crippen LogP contribution is -2.21. The smallest absolute Gasteiger partial charge is 0.248 e. The molecule has 1 fully saturated rings. The van der Waals surface area contributed by atoms with Crippen LogP contribution in [0.3, 0.4) is 0 Å². The van der Waals surface area contributed by atoms with Gasteiger partial charge in [-0.15, -0.1) is 0 Å². The molecule has 0 radical (unpaired) electrons. The number of nitrogens with zero attached hydrogens (tertiary/aromatic N) is 2. The van der Waals surface area contributed by atoms with Crippen LogP contribution in [0.2, 0.25) is 0 Å². The van der Waals surface area contributed by atoms with Crippen LogP contribution in [0.5, 0.6) is 5.75 Å². The first kappa shape index (κ1) is 16.8.